The fourth-order valence-corrected chi connectivity index (χ4v) is 6.92. The lowest BCUT2D eigenvalue weighted by Gasteiger charge is -2.37. The Labute approximate surface area is 225 Å². The average Bonchev–Trinajstić information content (AvgIpc) is 3.39. The Morgan fingerprint density at radius 3 is 2.15 bits per heavy atom. The maximum atomic E-state index is 15.8. The van der Waals surface area contributed by atoms with Crippen LogP contribution in [-0.4, -0.2) is 29.4 Å². The van der Waals surface area contributed by atoms with Crippen LogP contribution in [0.1, 0.15) is 53.7 Å². The zero-order valence-corrected chi connectivity index (χ0v) is 21.2. The molecule has 3 aliphatic rings. The molecular weight excluding hydrogens is 489 g/mol. The van der Waals surface area contributed by atoms with Crippen LogP contribution in [-0.2, 0) is 0 Å². The van der Waals surface area contributed by atoms with Crippen LogP contribution < -0.4 is 4.90 Å². The topological polar surface area (TPSA) is 54.5 Å². The number of hydrogen-bond acceptors (Lipinski definition) is 4. The molecule has 3 atom stereocenters. The lowest BCUT2D eigenvalue weighted by Crippen LogP contribution is -2.48. The molecule has 2 aliphatic heterocycles. The summed E-state index contributed by atoms with van der Waals surface area (Å²) in [5.41, 5.74) is 2.18. The van der Waals surface area contributed by atoms with Gasteiger partial charge in [0.25, 0.3) is 0 Å². The van der Waals surface area contributed by atoms with Crippen LogP contribution in [0.25, 0.3) is 6.08 Å². The minimum absolute atomic E-state index is 0.193. The van der Waals surface area contributed by atoms with E-state index in [0.29, 0.717) is 16.7 Å². The number of nitrogens with zero attached hydrogens (tertiary/aromatic N) is 1. The molecule has 39 heavy (non-hydrogen) atoms. The van der Waals surface area contributed by atoms with Crippen LogP contribution in [0.3, 0.4) is 0 Å². The van der Waals surface area contributed by atoms with Gasteiger partial charge in [-0.05, 0) is 35.7 Å². The van der Waals surface area contributed by atoms with E-state index in [1.54, 1.807) is 66.7 Å². The van der Waals surface area contributed by atoms with E-state index in [2.05, 4.69) is 0 Å². The fraction of sp³-hybridized carbons (Fsp3) is 0.147. The second-order valence-corrected chi connectivity index (χ2v) is 10.5. The van der Waals surface area contributed by atoms with E-state index >= 15 is 4.39 Å². The van der Waals surface area contributed by atoms with E-state index in [0.717, 1.165) is 16.8 Å². The third-order valence-corrected chi connectivity index (χ3v) is 8.53. The first-order valence-electron chi connectivity index (χ1n) is 13.0. The van der Waals surface area contributed by atoms with Crippen molar-refractivity contribution >= 4 is 29.1 Å². The number of rotatable bonds is 3. The number of halogens is 1. The van der Waals surface area contributed by atoms with Gasteiger partial charge < -0.3 is 4.90 Å². The van der Waals surface area contributed by atoms with Gasteiger partial charge in [-0.25, -0.2) is 4.39 Å². The zero-order chi connectivity index (χ0) is 26.9. The molecule has 0 bridgehead atoms. The predicted octanol–water partition coefficient (Wildman–Crippen LogP) is 6.45. The second kappa shape index (κ2) is 8.43. The third kappa shape index (κ3) is 3.07. The molecule has 4 nitrogen and oxygen atoms in total. The number of carbonyl (C=O) groups is 3. The molecule has 1 fully saturated rings. The van der Waals surface area contributed by atoms with Crippen LogP contribution in [0.2, 0.25) is 0 Å². The van der Waals surface area contributed by atoms with Crippen LogP contribution in [0, 0.1) is 18.2 Å². The number of benzene rings is 4. The van der Waals surface area contributed by atoms with Crippen molar-refractivity contribution in [2.24, 2.45) is 5.41 Å². The van der Waals surface area contributed by atoms with Crippen molar-refractivity contribution in [1.29, 1.82) is 0 Å². The van der Waals surface area contributed by atoms with E-state index in [1.807, 2.05) is 48.2 Å². The number of ketones is 3. The molecule has 4 aromatic rings. The van der Waals surface area contributed by atoms with Gasteiger partial charge in [0.2, 0.25) is 0 Å². The number of hydrogen-bond donors (Lipinski definition) is 0. The summed E-state index contributed by atoms with van der Waals surface area (Å²) < 4.78 is 15.8. The number of anilines is 1. The molecule has 0 saturated carbocycles. The number of Topliss-reactive ketones (excluding diaryl/α,β-unsaturated/α-hetero) is 3. The zero-order valence-electron chi connectivity index (χ0n) is 21.2. The molecule has 0 aromatic heterocycles. The highest BCUT2D eigenvalue weighted by Crippen LogP contribution is 2.61. The molecule has 4 aromatic carbocycles. The Hall–Kier alpha value is -4.64. The molecular formula is C34H24FNO3. The van der Waals surface area contributed by atoms with E-state index in [-0.39, 0.29) is 22.9 Å². The van der Waals surface area contributed by atoms with Gasteiger partial charge in [0.05, 0.1) is 6.04 Å². The van der Waals surface area contributed by atoms with Gasteiger partial charge in [-0.3, -0.25) is 14.4 Å². The Morgan fingerprint density at radius 2 is 1.46 bits per heavy atom. The van der Waals surface area contributed by atoms with Crippen LogP contribution in [0.15, 0.2) is 103 Å². The first kappa shape index (κ1) is 23.5. The van der Waals surface area contributed by atoms with Gasteiger partial charge in [0.15, 0.2) is 17.3 Å². The van der Waals surface area contributed by atoms with Crippen molar-refractivity contribution in [2.45, 2.75) is 24.9 Å². The van der Waals surface area contributed by atoms with E-state index in [4.69, 9.17) is 0 Å². The number of aryl methyl sites for hydroxylation is 1. The van der Waals surface area contributed by atoms with Crippen LogP contribution in [0.5, 0.6) is 0 Å². The van der Waals surface area contributed by atoms with Crippen LogP contribution >= 0.6 is 0 Å². The molecule has 7 rings (SSSR count). The minimum atomic E-state index is -1.71. The monoisotopic (exact) mass is 513 g/mol. The Morgan fingerprint density at radius 1 is 0.821 bits per heavy atom. The molecule has 1 aliphatic carbocycles. The van der Waals surface area contributed by atoms with Gasteiger partial charge >= 0.3 is 0 Å². The normalized spacial score (nSPS) is 22.1. The summed E-state index contributed by atoms with van der Waals surface area (Å²) >= 11 is 0. The summed E-state index contributed by atoms with van der Waals surface area (Å²) in [5.74, 6) is -2.59. The molecule has 1 spiro atoms. The lowest BCUT2D eigenvalue weighted by atomic mass is 9.64. The van der Waals surface area contributed by atoms with Crippen molar-refractivity contribution in [3.05, 3.63) is 142 Å². The van der Waals surface area contributed by atoms with E-state index < -0.39 is 29.2 Å². The Bertz CT molecular complexity index is 1690. The van der Waals surface area contributed by atoms with Gasteiger partial charge in [0.1, 0.15) is 17.3 Å². The largest absolute Gasteiger partial charge is 0.352 e. The summed E-state index contributed by atoms with van der Waals surface area (Å²) in [6.07, 6.45) is 3.76. The van der Waals surface area contributed by atoms with E-state index in [1.165, 1.54) is 6.07 Å². The SMILES string of the molecule is Cc1ccc2c(c1)N1[C@@H](C=C2)C2(C(=O)c3ccccc3C2=O)[C@@H](c2ccccc2F)[C@@H]1C(=O)c1ccccc1. The molecule has 0 amide bonds. The van der Waals surface area contributed by atoms with Crippen molar-refractivity contribution < 1.29 is 18.8 Å². The maximum absolute atomic E-state index is 15.8. The van der Waals surface area contributed by atoms with Crippen LogP contribution in [0.4, 0.5) is 10.1 Å². The van der Waals surface area contributed by atoms with Gasteiger partial charge in [-0.1, -0.05) is 97.1 Å². The number of carbonyl (C=O) groups excluding carboxylic acids is 3. The smallest absolute Gasteiger partial charge is 0.185 e. The highest BCUT2D eigenvalue weighted by atomic mass is 19.1. The predicted molar refractivity (Wildman–Crippen MR) is 148 cm³/mol. The van der Waals surface area contributed by atoms with Gasteiger partial charge in [-0.15, -0.1) is 0 Å². The van der Waals surface area contributed by atoms with Crippen molar-refractivity contribution in [1.82, 2.24) is 0 Å². The standard InChI is InChI=1S/C34H24FNO3/c1-20-15-16-21-17-18-28-34(32(38)23-11-5-6-12-24(23)33(34)39)29(25-13-7-8-14-26(25)35)30(36(28)27(21)19-20)31(37)22-9-3-2-4-10-22/h2-19,28-30H,1H3/t28-,29-,30+/m0/s1. The molecule has 0 radical (unpaired) electrons. The maximum Gasteiger partial charge on any atom is 0.185 e. The summed E-state index contributed by atoms with van der Waals surface area (Å²) in [5, 5.41) is 0. The van der Waals surface area contributed by atoms with E-state index in [9.17, 15) is 14.4 Å². The summed E-state index contributed by atoms with van der Waals surface area (Å²) in [7, 11) is 0. The summed E-state index contributed by atoms with van der Waals surface area (Å²) in [4.78, 5) is 45.5. The fourth-order valence-electron chi connectivity index (χ4n) is 6.92. The molecule has 0 unspecified atom stereocenters. The summed E-state index contributed by atoms with van der Waals surface area (Å²) in [6, 6.07) is 26.0. The second-order valence-electron chi connectivity index (χ2n) is 10.5. The third-order valence-electron chi connectivity index (χ3n) is 8.53. The molecule has 2 heterocycles. The molecule has 5 heteroatoms. The first-order valence-corrected chi connectivity index (χ1v) is 13.0. The Balaban J connectivity index is 1.58. The van der Waals surface area contributed by atoms with Gasteiger partial charge in [0, 0.05) is 28.3 Å². The average molecular weight is 514 g/mol. The molecule has 1 saturated heterocycles. The van der Waals surface area contributed by atoms with Crippen molar-refractivity contribution in [2.75, 3.05) is 4.90 Å². The summed E-state index contributed by atoms with van der Waals surface area (Å²) in [6.45, 7) is 1.96. The van der Waals surface area contributed by atoms with Crippen molar-refractivity contribution in [3.8, 4) is 0 Å². The van der Waals surface area contributed by atoms with Crippen molar-refractivity contribution in [3.63, 3.8) is 0 Å². The minimum Gasteiger partial charge on any atom is -0.352 e. The lowest BCUT2D eigenvalue weighted by molar-refractivity contribution is 0.0664. The molecule has 0 N–H and O–H groups in total. The quantitative estimate of drug-likeness (QED) is 0.233. The first-order chi connectivity index (χ1) is 18.9. The highest BCUT2D eigenvalue weighted by Gasteiger charge is 2.71. The van der Waals surface area contributed by atoms with Gasteiger partial charge in [-0.2, -0.15) is 0 Å². The number of fused-ring (bicyclic) bond motifs is 5. The molecule has 190 valence electrons. The highest BCUT2D eigenvalue weighted by molar-refractivity contribution is 6.32. The Kier molecular flexibility index (Phi) is 5.08.